The lowest BCUT2D eigenvalue weighted by Crippen LogP contribution is -2.18. The number of aromatic amines is 1. The average Bonchev–Trinajstić information content (AvgIpc) is 2.98. The number of hydrogen-bond acceptors (Lipinski definition) is 4. The van der Waals surface area contributed by atoms with Crippen molar-refractivity contribution in [3.8, 4) is 0 Å². The van der Waals surface area contributed by atoms with Gasteiger partial charge in [0.05, 0.1) is 16.8 Å². The van der Waals surface area contributed by atoms with Gasteiger partial charge in [-0.05, 0) is 31.2 Å². The van der Waals surface area contributed by atoms with E-state index in [0.29, 0.717) is 18.5 Å². The smallest absolute Gasteiger partial charge is 0.240 e. The Labute approximate surface area is 122 Å². The Kier molecular flexibility index (Phi) is 4.71. The van der Waals surface area contributed by atoms with E-state index in [1.54, 1.807) is 18.3 Å². The Balaban J connectivity index is 1.90. The predicted molar refractivity (Wildman–Crippen MR) is 78.2 cm³/mol. The van der Waals surface area contributed by atoms with Gasteiger partial charge < -0.3 is 5.32 Å². The fraction of sp³-hybridized carbons (Fsp3) is 0.231. The van der Waals surface area contributed by atoms with Crippen molar-refractivity contribution < 1.29 is 13.2 Å². The van der Waals surface area contributed by atoms with Crippen LogP contribution in [0.4, 0.5) is 5.69 Å². The summed E-state index contributed by atoms with van der Waals surface area (Å²) in [6, 6.07) is 6.45. The molecule has 0 saturated heterocycles. The Morgan fingerprint density at radius 3 is 2.57 bits per heavy atom. The van der Waals surface area contributed by atoms with Crippen molar-refractivity contribution in [1.29, 1.82) is 0 Å². The van der Waals surface area contributed by atoms with Crippen molar-refractivity contribution in [2.45, 2.75) is 17.7 Å². The molecule has 2 aromatic rings. The molecule has 112 valence electrons. The summed E-state index contributed by atoms with van der Waals surface area (Å²) in [5.41, 5.74) is 1.52. The summed E-state index contributed by atoms with van der Waals surface area (Å²) in [6.45, 7) is 0. The summed E-state index contributed by atoms with van der Waals surface area (Å²) in [5, 5.41) is 9.04. The van der Waals surface area contributed by atoms with E-state index in [-0.39, 0.29) is 10.8 Å². The SMILES string of the molecule is CNS(=O)(=O)c1ccc(CCC(=O)Nc2cn[nH]c2)cc1. The van der Waals surface area contributed by atoms with Gasteiger partial charge in [-0.2, -0.15) is 5.10 Å². The molecule has 8 heteroatoms. The molecule has 0 aliphatic rings. The van der Waals surface area contributed by atoms with Gasteiger partial charge in [-0.25, -0.2) is 13.1 Å². The minimum atomic E-state index is -3.42. The van der Waals surface area contributed by atoms with Gasteiger partial charge in [0.2, 0.25) is 15.9 Å². The first kappa shape index (κ1) is 15.2. The van der Waals surface area contributed by atoms with E-state index in [0.717, 1.165) is 5.56 Å². The molecule has 1 aromatic carbocycles. The van der Waals surface area contributed by atoms with E-state index in [4.69, 9.17) is 0 Å². The quantitative estimate of drug-likeness (QED) is 0.737. The average molecular weight is 308 g/mol. The summed E-state index contributed by atoms with van der Waals surface area (Å²) in [7, 11) is -2.06. The zero-order valence-electron chi connectivity index (χ0n) is 11.5. The summed E-state index contributed by atoms with van der Waals surface area (Å²) in [6.07, 6.45) is 3.96. The van der Waals surface area contributed by atoms with E-state index >= 15 is 0 Å². The zero-order chi connectivity index (χ0) is 15.3. The third kappa shape index (κ3) is 4.14. The Morgan fingerprint density at radius 1 is 1.29 bits per heavy atom. The Bertz CT molecular complexity index is 694. The number of aryl methyl sites for hydroxylation is 1. The Hall–Kier alpha value is -2.19. The molecule has 2 rings (SSSR count). The highest BCUT2D eigenvalue weighted by molar-refractivity contribution is 7.89. The van der Waals surface area contributed by atoms with Gasteiger partial charge in [0.25, 0.3) is 0 Å². The molecular formula is C13H16N4O3S. The molecule has 0 spiro atoms. The number of rotatable bonds is 6. The number of sulfonamides is 1. The molecule has 1 amide bonds. The van der Waals surface area contributed by atoms with E-state index in [9.17, 15) is 13.2 Å². The van der Waals surface area contributed by atoms with E-state index in [1.165, 1.54) is 25.4 Å². The zero-order valence-corrected chi connectivity index (χ0v) is 12.3. The standard InChI is InChI=1S/C13H16N4O3S/c1-14-21(19,20)12-5-2-10(3-6-12)4-7-13(18)17-11-8-15-16-9-11/h2-3,5-6,8-9,14H,4,7H2,1H3,(H,15,16)(H,17,18). The van der Waals surface area contributed by atoms with Crippen LogP contribution in [0, 0.1) is 0 Å². The second-order valence-electron chi connectivity index (χ2n) is 4.39. The second kappa shape index (κ2) is 6.51. The lowest BCUT2D eigenvalue weighted by Gasteiger charge is -2.05. The maximum atomic E-state index is 11.7. The molecule has 21 heavy (non-hydrogen) atoms. The largest absolute Gasteiger partial charge is 0.323 e. The van der Waals surface area contributed by atoms with Crippen molar-refractivity contribution in [3.63, 3.8) is 0 Å². The minimum absolute atomic E-state index is 0.122. The van der Waals surface area contributed by atoms with Crippen molar-refractivity contribution in [2.24, 2.45) is 0 Å². The van der Waals surface area contributed by atoms with Gasteiger partial charge in [-0.15, -0.1) is 0 Å². The summed E-state index contributed by atoms with van der Waals surface area (Å²) in [5.74, 6) is -0.122. The molecule has 1 heterocycles. The third-order valence-electron chi connectivity index (χ3n) is 2.93. The third-order valence-corrected chi connectivity index (χ3v) is 4.36. The molecule has 7 nitrogen and oxygen atoms in total. The van der Waals surface area contributed by atoms with Gasteiger partial charge in [-0.1, -0.05) is 12.1 Å². The summed E-state index contributed by atoms with van der Waals surface area (Å²) >= 11 is 0. The monoisotopic (exact) mass is 308 g/mol. The first-order chi connectivity index (χ1) is 10.0. The predicted octanol–water partition coefficient (Wildman–Crippen LogP) is 0.889. The maximum absolute atomic E-state index is 11.7. The van der Waals surface area contributed by atoms with Crippen LogP contribution in [0.2, 0.25) is 0 Å². The molecule has 0 aliphatic carbocycles. The molecule has 0 atom stereocenters. The number of nitrogens with zero attached hydrogens (tertiary/aromatic N) is 1. The van der Waals surface area contributed by atoms with Gasteiger partial charge in [-0.3, -0.25) is 9.89 Å². The summed E-state index contributed by atoms with van der Waals surface area (Å²) in [4.78, 5) is 11.9. The molecule has 0 aliphatic heterocycles. The lowest BCUT2D eigenvalue weighted by molar-refractivity contribution is -0.116. The molecule has 0 bridgehead atoms. The Morgan fingerprint density at radius 2 is 2.00 bits per heavy atom. The van der Waals surface area contributed by atoms with Crippen LogP contribution in [0.5, 0.6) is 0 Å². The van der Waals surface area contributed by atoms with Crippen LogP contribution in [0.25, 0.3) is 0 Å². The number of nitrogens with one attached hydrogen (secondary N) is 3. The number of hydrogen-bond donors (Lipinski definition) is 3. The molecule has 3 N–H and O–H groups in total. The maximum Gasteiger partial charge on any atom is 0.240 e. The van der Waals surface area contributed by atoms with Crippen LogP contribution < -0.4 is 10.0 Å². The van der Waals surface area contributed by atoms with Gasteiger partial charge >= 0.3 is 0 Å². The summed E-state index contributed by atoms with van der Waals surface area (Å²) < 4.78 is 25.4. The van der Waals surface area contributed by atoms with Crippen molar-refractivity contribution in [2.75, 3.05) is 12.4 Å². The number of aromatic nitrogens is 2. The minimum Gasteiger partial charge on any atom is -0.323 e. The van der Waals surface area contributed by atoms with Gasteiger partial charge in [0, 0.05) is 12.6 Å². The van der Waals surface area contributed by atoms with Crippen LogP contribution in [-0.4, -0.2) is 31.6 Å². The lowest BCUT2D eigenvalue weighted by atomic mass is 10.1. The number of carbonyl (C=O) groups is 1. The fourth-order valence-corrected chi connectivity index (χ4v) is 2.48. The topological polar surface area (TPSA) is 104 Å². The number of anilines is 1. The van der Waals surface area contributed by atoms with Crippen LogP contribution in [-0.2, 0) is 21.2 Å². The molecule has 0 fully saturated rings. The highest BCUT2D eigenvalue weighted by atomic mass is 32.2. The number of amides is 1. The van der Waals surface area contributed by atoms with Crippen molar-refractivity contribution >= 4 is 21.6 Å². The van der Waals surface area contributed by atoms with Crippen LogP contribution in [0.1, 0.15) is 12.0 Å². The fourth-order valence-electron chi connectivity index (χ4n) is 1.75. The molecule has 1 aromatic heterocycles. The van der Waals surface area contributed by atoms with E-state index in [2.05, 4.69) is 20.2 Å². The first-order valence-electron chi connectivity index (χ1n) is 6.32. The number of benzene rings is 1. The highest BCUT2D eigenvalue weighted by Gasteiger charge is 2.10. The highest BCUT2D eigenvalue weighted by Crippen LogP contribution is 2.12. The van der Waals surface area contributed by atoms with Crippen LogP contribution in [0.15, 0.2) is 41.6 Å². The normalized spacial score (nSPS) is 11.3. The molecule has 0 saturated carbocycles. The number of H-pyrrole nitrogens is 1. The van der Waals surface area contributed by atoms with Crippen molar-refractivity contribution in [3.05, 3.63) is 42.2 Å². The second-order valence-corrected chi connectivity index (χ2v) is 6.27. The van der Waals surface area contributed by atoms with Crippen molar-refractivity contribution in [1.82, 2.24) is 14.9 Å². The molecular weight excluding hydrogens is 292 g/mol. The van der Waals surface area contributed by atoms with Crippen LogP contribution in [0.3, 0.4) is 0 Å². The van der Waals surface area contributed by atoms with Gasteiger partial charge in [0.1, 0.15) is 0 Å². The molecule has 0 unspecified atom stereocenters. The van der Waals surface area contributed by atoms with E-state index in [1.807, 2.05) is 0 Å². The van der Waals surface area contributed by atoms with E-state index < -0.39 is 10.0 Å². The first-order valence-corrected chi connectivity index (χ1v) is 7.81. The van der Waals surface area contributed by atoms with Gasteiger partial charge in [0.15, 0.2) is 0 Å². The molecule has 0 radical (unpaired) electrons. The number of carbonyl (C=O) groups excluding carboxylic acids is 1. The van der Waals surface area contributed by atoms with Crippen LogP contribution >= 0.6 is 0 Å².